The van der Waals surface area contributed by atoms with Crippen LogP contribution in [0.15, 0.2) is 48.6 Å². The number of hydrogen-bond donors (Lipinski definition) is 4. The van der Waals surface area contributed by atoms with Gasteiger partial charge in [-0.05, 0) is 32.1 Å². The lowest BCUT2D eigenvalue weighted by atomic mass is 10.1. The van der Waals surface area contributed by atoms with Gasteiger partial charge in [0.2, 0.25) is 0 Å². The topological polar surface area (TPSA) is 107 Å². The molecule has 6 nitrogen and oxygen atoms in total. The molecule has 0 spiro atoms. The van der Waals surface area contributed by atoms with Gasteiger partial charge in [0, 0.05) is 12.8 Å². The van der Waals surface area contributed by atoms with Crippen molar-refractivity contribution in [2.45, 2.75) is 82.4 Å². The molecule has 0 aromatic rings. The van der Waals surface area contributed by atoms with Crippen molar-refractivity contribution in [2.24, 2.45) is 0 Å². The molecular formula is C22H34O6. The summed E-state index contributed by atoms with van der Waals surface area (Å²) in [5, 5.41) is 38.4. The highest BCUT2D eigenvalue weighted by atomic mass is 16.5. The van der Waals surface area contributed by atoms with Crippen LogP contribution in [0.5, 0.6) is 0 Å². The minimum atomic E-state index is -0.837. The summed E-state index contributed by atoms with van der Waals surface area (Å²) in [5.41, 5.74) is 0. The molecule has 5 unspecified atom stereocenters. The van der Waals surface area contributed by atoms with Gasteiger partial charge < -0.3 is 25.2 Å². The quantitative estimate of drug-likeness (QED) is 0.358. The molecule has 0 radical (unpaired) electrons. The molecule has 6 heteroatoms. The van der Waals surface area contributed by atoms with Crippen molar-refractivity contribution in [3.63, 3.8) is 0 Å². The number of hydrogen-bond acceptors (Lipinski definition) is 5. The van der Waals surface area contributed by atoms with E-state index in [0.29, 0.717) is 25.7 Å². The van der Waals surface area contributed by atoms with Crippen molar-refractivity contribution in [3.05, 3.63) is 48.6 Å². The molecule has 0 aromatic heterocycles. The zero-order chi connectivity index (χ0) is 20.8. The number of aliphatic hydroxyl groups excluding tert-OH is 3. The first kappa shape index (κ1) is 24.3. The van der Waals surface area contributed by atoms with Crippen molar-refractivity contribution >= 4 is 5.97 Å². The standard InChI is InChI=1S/C22H34O6/c1-2-20-19(25)16-21(28-20)18(24)15-14-17(23)12-10-8-6-4-3-5-7-9-11-13-22(26)27/h3-4,7-10,14-15,17-21,23-25H,2,5-6,11-13,16H2,1H3,(H,26,27)/b4-3-,9-7-,10-8-,15-14+. The molecule has 1 aliphatic heterocycles. The van der Waals surface area contributed by atoms with Gasteiger partial charge in [-0.1, -0.05) is 55.5 Å². The van der Waals surface area contributed by atoms with Crippen LogP contribution in [0.25, 0.3) is 0 Å². The predicted molar refractivity (Wildman–Crippen MR) is 109 cm³/mol. The average Bonchev–Trinajstić information content (AvgIpc) is 3.04. The van der Waals surface area contributed by atoms with Crippen LogP contribution in [-0.4, -0.2) is 56.9 Å². The first-order chi connectivity index (χ1) is 13.4. The summed E-state index contributed by atoms with van der Waals surface area (Å²) >= 11 is 0. The Morgan fingerprint density at radius 2 is 1.71 bits per heavy atom. The molecule has 0 aromatic carbocycles. The maximum atomic E-state index is 10.3. The van der Waals surface area contributed by atoms with Gasteiger partial charge in [-0.25, -0.2) is 0 Å². The number of carboxylic acid groups (broad SMARTS) is 1. The van der Waals surface area contributed by atoms with Crippen LogP contribution in [0, 0.1) is 0 Å². The van der Waals surface area contributed by atoms with Crippen molar-refractivity contribution in [3.8, 4) is 0 Å². The Hall–Kier alpha value is -1.73. The highest BCUT2D eigenvalue weighted by Gasteiger charge is 2.35. The molecule has 28 heavy (non-hydrogen) atoms. The molecule has 0 bridgehead atoms. The van der Waals surface area contributed by atoms with Crippen LogP contribution in [0.1, 0.15) is 51.9 Å². The Labute approximate surface area is 167 Å². The third-order valence-electron chi connectivity index (χ3n) is 4.51. The smallest absolute Gasteiger partial charge is 0.303 e. The van der Waals surface area contributed by atoms with Crippen LogP contribution < -0.4 is 0 Å². The number of carbonyl (C=O) groups is 1. The number of allylic oxidation sites excluding steroid dienone is 5. The Morgan fingerprint density at radius 1 is 1.07 bits per heavy atom. The summed E-state index contributed by atoms with van der Waals surface area (Å²) in [5.74, 6) is -0.785. The molecule has 1 rings (SSSR count). The Balaban J connectivity index is 2.16. The maximum Gasteiger partial charge on any atom is 0.303 e. The van der Waals surface area contributed by atoms with Crippen LogP contribution in [-0.2, 0) is 9.53 Å². The van der Waals surface area contributed by atoms with E-state index in [1.807, 2.05) is 43.4 Å². The van der Waals surface area contributed by atoms with E-state index in [1.54, 1.807) is 6.08 Å². The molecule has 0 aliphatic carbocycles. The number of ether oxygens (including phenoxy) is 1. The van der Waals surface area contributed by atoms with Gasteiger partial charge in [-0.3, -0.25) is 4.79 Å². The van der Waals surface area contributed by atoms with E-state index in [2.05, 4.69) is 0 Å². The van der Waals surface area contributed by atoms with Gasteiger partial charge >= 0.3 is 5.97 Å². The maximum absolute atomic E-state index is 10.3. The number of aliphatic hydroxyl groups is 3. The highest BCUT2D eigenvalue weighted by molar-refractivity contribution is 5.66. The third kappa shape index (κ3) is 10.6. The summed E-state index contributed by atoms with van der Waals surface area (Å²) < 4.78 is 5.61. The largest absolute Gasteiger partial charge is 0.481 e. The number of rotatable bonds is 13. The van der Waals surface area contributed by atoms with E-state index in [-0.39, 0.29) is 12.5 Å². The van der Waals surface area contributed by atoms with E-state index in [0.717, 1.165) is 12.8 Å². The second-order valence-electron chi connectivity index (χ2n) is 6.92. The number of carboxylic acids is 1. The minimum absolute atomic E-state index is 0.158. The molecule has 1 fully saturated rings. The zero-order valence-electron chi connectivity index (χ0n) is 16.6. The van der Waals surface area contributed by atoms with Crippen LogP contribution >= 0.6 is 0 Å². The lowest BCUT2D eigenvalue weighted by molar-refractivity contribution is -0.136. The fourth-order valence-electron chi connectivity index (χ4n) is 2.90. The SMILES string of the molecule is CCC1OC(C(O)/C=C/C(O)C/C=C\C/C=C\C/C=C\CCC(=O)O)CC1O. The molecule has 1 aliphatic rings. The second kappa shape index (κ2) is 14.3. The Kier molecular flexibility index (Phi) is 12.4. The average molecular weight is 395 g/mol. The van der Waals surface area contributed by atoms with Gasteiger partial charge in [-0.15, -0.1) is 0 Å². The summed E-state index contributed by atoms with van der Waals surface area (Å²) in [4.78, 5) is 10.3. The Bertz CT molecular complexity index is 551. The summed E-state index contributed by atoms with van der Waals surface area (Å²) in [6, 6.07) is 0. The lowest BCUT2D eigenvalue weighted by Gasteiger charge is -2.16. The Morgan fingerprint density at radius 3 is 2.32 bits per heavy atom. The van der Waals surface area contributed by atoms with Crippen LogP contribution in [0.4, 0.5) is 0 Å². The fraction of sp³-hybridized carbons (Fsp3) is 0.591. The second-order valence-corrected chi connectivity index (χ2v) is 6.92. The third-order valence-corrected chi connectivity index (χ3v) is 4.51. The van der Waals surface area contributed by atoms with Crippen LogP contribution in [0.2, 0.25) is 0 Å². The molecule has 1 heterocycles. The molecule has 0 saturated carbocycles. The van der Waals surface area contributed by atoms with E-state index in [1.165, 1.54) is 6.08 Å². The molecule has 5 atom stereocenters. The molecule has 1 saturated heterocycles. The predicted octanol–water partition coefficient (Wildman–Crippen LogP) is 2.90. The summed E-state index contributed by atoms with van der Waals surface area (Å²) in [6.45, 7) is 1.93. The minimum Gasteiger partial charge on any atom is -0.481 e. The summed E-state index contributed by atoms with van der Waals surface area (Å²) in [7, 11) is 0. The molecule has 4 N–H and O–H groups in total. The van der Waals surface area contributed by atoms with E-state index in [9.17, 15) is 20.1 Å². The molecular weight excluding hydrogens is 360 g/mol. The van der Waals surface area contributed by atoms with Crippen molar-refractivity contribution in [1.29, 1.82) is 0 Å². The van der Waals surface area contributed by atoms with Gasteiger partial charge in [0.05, 0.1) is 30.5 Å². The van der Waals surface area contributed by atoms with E-state index in [4.69, 9.17) is 9.84 Å². The van der Waals surface area contributed by atoms with Crippen molar-refractivity contribution < 1.29 is 30.0 Å². The van der Waals surface area contributed by atoms with Crippen molar-refractivity contribution in [2.75, 3.05) is 0 Å². The van der Waals surface area contributed by atoms with Gasteiger partial charge in [0.15, 0.2) is 0 Å². The van der Waals surface area contributed by atoms with Gasteiger partial charge in [-0.2, -0.15) is 0 Å². The monoisotopic (exact) mass is 394 g/mol. The van der Waals surface area contributed by atoms with E-state index < -0.39 is 30.4 Å². The zero-order valence-corrected chi connectivity index (χ0v) is 16.6. The first-order valence-electron chi connectivity index (χ1n) is 9.98. The van der Waals surface area contributed by atoms with Gasteiger partial charge in [0.25, 0.3) is 0 Å². The van der Waals surface area contributed by atoms with Gasteiger partial charge in [0.1, 0.15) is 0 Å². The normalized spacial score (nSPS) is 25.5. The number of aliphatic carboxylic acids is 1. The van der Waals surface area contributed by atoms with E-state index >= 15 is 0 Å². The van der Waals surface area contributed by atoms with Crippen molar-refractivity contribution in [1.82, 2.24) is 0 Å². The summed E-state index contributed by atoms with van der Waals surface area (Å²) in [6.07, 6.45) is 15.9. The van der Waals surface area contributed by atoms with Crippen LogP contribution in [0.3, 0.4) is 0 Å². The first-order valence-corrected chi connectivity index (χ1v) is 9.98. The molecule has 158 valence electrons. The lowest BCUT2D eigenvalue weighted by Crippen LogP contribution is -2.24. The highest BCUT2D eigenvalue weighted by Crippen LogP contribution is 2.25. The fourth-order valence-corrected chi connectivity index (χ4v) is 2.90. The molecule has 0 amide bonds.